The maximum absolute atomic E-state index is 6.26. The van der Waals surface area contributed by atoms with Crippen molar-refractivity contribution in [3.05, 3.63) is 29.6 Å². The predicted octanol–water partition coefficient (Wildman–Crippen LogP) is 2.68. The molecule has 4 heteroatoms. The Bertz CT molecular complexity index is 630. The second-order valence-corrected chi connectivity index (χ2v) is 7.08. The molecule has 1 aromatic carbocycles. The van der Waals surface area contributed by atoms with Crippen molar-refractivity contribution < 1.29 is 0 Å². The quantitative estimate of drug-likeness (QED) is 0.940. The third-order valence-electron chi connectivity index (χ3n) is 4.11. The summed E-state index contributed by atoms with van der Waals surface area (Å²) < 4.78 is 2.31. The van der Waals surface area contributed by atoms with Crippen LogP contribution < -0.4 is 5.73 Å². The first-order valence-electron chi connectivity index (χ1n) is 7.89. The van der Waals surface area contributed by atoms with E-state index in [0.29, 0.717) is 0 Å². The molecule has 114 valence electrons. The van der Waals surface area contributed by atoms with E-state index in [4.69, 9.17) is 10.7 Å². The number of imidazole rings is 1. The Morgan fingerprint density at radius 2 is 1.95 bits per heavy atom. The minimum atomic E-state index is -0.238. The molecule has 0 atom stereocenters. The standard InChI is InChI=1S/C17H26N4/c1-13-6-7-15-14(10-13)19-16(11-20-8-4-5-9-20)21(15)12-17(2,3)18/h6-7,10H,4-5,8-9,11-12,18H2,1-3H3. The molecule has 3 rings (SSSR count). The van der Waals surface area contributed by atoms with E-state index >= 15 is 0 Å². The highest BCUT2D eigenvalue weighted by atomic mass is 15.2. The Hall–Kier alpha value is -1.39. The van der Waals surface area contributed by atoms with Gasteiger partial charge < -0.3 is 10.3 Å². The number of aromatic nitrogens is 2. The van der Waals surface area contributed by atoms with Crippen LogP contribution in [0.15, 0.2) is 18.2 Å². The van der Waals surface area contributed by atoms with Gasteiger partial charge in [0.2, 0.25) is 0 Å². The smallest absolute Gasteiger partial charge is 0.124 e. The van der Waals surface area contributed by atoms with Crippen molar-refractivity contribution in [2.45, 2.75) is 52.2 Å². The van der Waals surface area contributed by atoms with Gasteiger partial charge in [-0.3, -0.25) is 4.90 Å². The summed E-state index contributed by atoms with van der Waals surface area (Å²) in [6.07, 6.45) is 2.61. The topological polar surface area (TPSA) is 47.1 Å². The molecule has 0 saturated carbocycles. The second kappa shape index (κ2) is 5.43. The van der Waals surface area contributed by atoms with Crippen molar-refractivity contribution >= 4 is 11.0 Å². The number of hydrogen-bond donors (Lipinski definition) is 1. The van der Waals surface area contributed by atoms with Crippen molar-refractivity contribution in [2.75, 3.05) is 13.1 Å². The van der Waals surface area contributed by atoms with Crippen molar-refractivity contribution in [1.82, 2.24) is 14.5 Å². The van der Waals surface area contributed by atoms with Crippen LogP contribution in [0.1, 0.15) is 38.1 Å². The van der Waals surface area contributed by atoms with Gasteiger partial charge in [-0.05, 0) is 64.4 Å². The highest BCUT2D eigenvalue weighted by Crippen LogP contribution is 2.22. The average molecular weight is 286 g/mol. The number of likely N-dealkylation sites (tertiary alicyclic amines) is 1. The van der Waals surface area contributed by atoms with Crippen molar-refractivity contribution in [3.8, 4) is 0 Å². The monoisotopic (exact) mass is 286 g/mol. The van der Waals surface area contributed by atoms with E-state index < -0.39 is 0 Å². The van der Waals surface area contributed by atoms with E-state index in [1.807, 2.05) is 0 Å². The molecule has 0 unspecified atom stereocenters. The minimum Gasteiger partial charge on any atom is -0.325 e. The van der Waals surface area contributed by atoms with Crippen LogP contribution in [-0.4, -0.2) is 33.1 Å². The Balaban J connectivity index is 2.01. The molecule has 2 aromatic rings. The fourth-order valence-electron chi connectivity index (χ4n) is 3.14. The number of nitrogens with two attached hydrogens (primary N) is 1. The first-order chi connectivity index (χ1) is 9.92. The largest absolute Gasteiger partial charge is 0.325 e. The van der Waals surface area contributed by atoms with Gasteiger partial charge in [-0.25, -0.2) is 4.98 Å². The Kier molecular flexibility index (Phi) is 3.76. The molecule has 4 nitrogen and oxygen atoms in total. The van der Waals surface area contributed by atoms with E-state index in [9.17, 15) is 0 Å². The van der Waals surface area contributed by atoms with Gasteiger partial charge in [0.1, 0.15) is 5.82 Å². The highest BCUT2D eigenvalue weighted by Gasteiger charge is 2.20. The van der Waals surface area contributed by atoms with Crippen molar-refractivity contribution in [3.63, 3.8) is 0 Å². The number of benzene rings is 1. The summed E-state index contributed by atoms with van der Waals surface area (Å²) >= 11 is 0. The van der Waals surface area contributed by atoms with Crippen LogP contribution in [0.5, 0.6) is 0 Å². The summed E-state index contributed by atoms with van der Waals surface area (Å²) in [5.41, 5.74) is 9.57. The summed E-state index contributed by atoms with van der Waals surface area (Å²) in [5.74, 6) is 1.15. The van der Waals surface area contributed by atoms with Gasteiger partial charge in [0.25, 0.3) is 0 Å². The third-order valence-corrected chi connectivity index (χ3v) is 4.11. The fourth-order valence-corrected chi connectivity index (χ4v) is 3.14. The number of rotatable bonds is 4. The minimum absolute atomic E-state index is 0.238. The van der Waals surface area contributed by atoms with Crippen LogP contribution in [0.3, 0.4) is 0 Å². The average Bonchev–Trinajstić information content (AvgIpc) is 2.97. The summed E-state index contributed by atoms with van der Waals surface area (Å²) in [5, 5.41) is 0. The lowest BCUT2D eigenvalue weighted by atomic mass is 10.1. The Labute approximate surface area is 126 Å². The van der Waals surface area contributed by atoms with E-state index in [0.717, 1.165) is 24.4 Å². The number of aryl methyl sites for hydroxylation is 1. The van der Waals surface area contributed by atoms with E-state index in [1.165, 1.54) is 37.0 Å². The van der Waals surface area contributed by atoms with Gasteiger partial charge in [0, 0.05) is 12.1 Å². The van der Waals surface area contributed by atoms with Crippen molar-refractivity contribution in [1.29, 1.82) is 0 Å². The van der Waals surface area contributed by atoms with Crippen LogP contribution >= 0.6 is 0 Å². The second-order valence-electron chi connectivity index (χ2n) is 7.08. The molecule has 0 amide bonds. The lowest BCUT2D eigenvalue weighted by Crippen LogP contribution is -2.38. The van der Waals surface area contributed by atoms with Crippen LogP contribution in [0.4, 0.5) is 0 Å². The normalized spacial score (nSPS) is 17.0. The first-order valence-corrected chi connectivity index (χ1v) is 7.89. The molecule has 2 heterocycles. The molecule has 1 aromatic heterocycles. The van der Waals surface area contributed by atoms with E-state index in [1.54, 1.807) is 0 Å². The molecule has 1 fully saturated rings. The van der Waals surface area contributed by atoms with Gasteiger partial charge in [0.05, 0.1) is 17.6 Å². The predicted molar refractivity (Wildman–Crippen MR) is 87.2 cm³/mol. The molecule has 1 aliphatic rings. The van der Waals surface area contributed by atoms with Gasteiger partial charge in [-0.1, -0.05) is 6.07 Å². The molecule has 0 bridgehead atoms. The summed E-state index contributed by atoms with van der Waals surface area (Å²) in [4.78, 5) is 7.38. The van der Waals surface area contributed by atoms with Crippen LogP contribution in [0, 0.1) is 6.92 Å². The van der Waals surface area contributed by atoms with Gasteiger partial charge >= 0.3 is 0 Å². The van der Waals surface area contributed by atoms with E-state index in [-0.39, 0.29) is 5.54 Å². The molecule has 1 aliphatic heterocycles. The van der Waals surface area contributed by atoms with Crippen molar-refractivity contribution in [2.24, 2.45) is 5.73 Å². The summed E-state index contributed by atoms with van der Waals surface area (Å²) in [7, 11) is 0. The summed E-state index contributed by atoms with van der Waals surface area (Å²) in [6.45, 7) is 10.4. The molecule has 21 heavy (non-hydrogen) atoms. The third kappa shape index (κ3) is 3.27. The molecule has 2 N–H and O–H groups in total. The Morgan fingerprint density at radius 3 is 2.62 bits per heavy atom. The zero-order valence-corrected chi connectivity index (χ0v) is 13.4. The zero-order valence-electron chi connectivity index (χ0n) is 13.4. The van der Waals surface area contributed by atoms with Gasteiger partial charge in [0.15, 0.2) is 0 Å². The van der Waals surface area contributed by atoms with E-state index in [2.05, 4.69) is 48.4 Å². The number of nitrogens with zero attached hydrogens (tertiary/aromatic N) is 3. The molecular weight excluding hydrogens is 260 g/mol. The van der Waals surface area contributed by atoms with Gasteiger partial charge in [-0.2, -0.15) is 0 Å². The lowest BCUT2D eigenvalue weighted by molar-refractivity contribution is 0.311. The fraction of sp³-hybridized carbons (Fsp3) is 0.588. The van der Waals surface area contributed by atoms with Gasteiger partial charge in [-0.15, -0.1) is 0 Å². The molecule has 0 radical (unpaired) electrons. The maximum atomic E-state index is 6.26. The van der Waals surface area contributed by atoms with Crippen LogP contribution in [0.25, 0.3) is 11.0 Å². The highest BCUT2D eigenvalue weighted by molar-refractivity contribution is 5.77. The molecule has 1 saturated heterocycles. The number of hydrogen-bond acceptors (Lipinski definition) is 3. The molecule has 0 spiro atoms. The Morgan fingerprint density at radius 1 is 1.24 bits per heavy atom. The van der Waals surface area contributed by atoms with Crippen LogP contribution in [0.2, 0.25) is 0 Å². The summed E-state index contributed by atoms with van der Waals surface area (Å²) in [6, 6.07) is 6.50. The molecular formula is C17H26N4. The van der Waals surface area contributed by atoms with Crippen LogP contribution in [-0.2, 0) is 13.1 Å². The first kappa shape index (κ1) is 14.5. The zero-order chi connectivity index (χ0) is 15.0. The molecule has 0 aliphatic carbocycles. The maximum Gasteiger partial charge on any atom is 0.124 e. The number of fused-ring (bicyclic) bond motifs is 1. The lowest BCUT2D eigenvalue weighted by Gasteiger charge is -2.23. The SMILES string of the molecule is Cc1ccc2c(c1)nc(CN1CCCC1)n2CC(C)(C)N.